The van der Waals surface area contributed by atoms with Gasteiger partial charge >= 0.3 is 0 Å². The van der Waals surface area contributed by atoms with Crippen LogP contribution in [0.3, 0.4) is 0 Å². The van der Waals surface area contributed by atoms with Gasteiger partial charge in [-0.15, -0.1) is 0 Å². The van der Waals surface area contributed by atoms with Crippen molar-refractivity contribution < 1.29 is 4.24 Å². The van der Waals surface area contributed by atoms with Crippen LogP contribution in [0, 0.1) is 6.21 Å². The molecule has 0 bridgehead atoms. The summed E-state index contributed by atoms with van der Waals surface area (Å²) in [4.78, 5) is 6.74. The van der Waals surface area contributed by atoms with Gasteiger partial charge in [0.25, 0.3) is 0 Å². The molecule has 3 heterocycles. The highest BCUT2D eigenvalue weighted by Crippen LogP contribution is 2.20. The third-order valence-electron chi connectivity index (χ3n) is 2.91. The Balaban J connectivity index is 2.37. The topological polar surface area (TPSA) is 21.5 Å². The normalized spacial score (nSPS) is 23.0. The van der Waals surface area contributed by atoms with Crippen molar-refractivity contribution in [3.63, 3.8) is 0 Å². The predicted octanol–water partition coefficient (Wildman–Crippen LogP) is -0.162. The van der Waals surface area contributed by atoms with E-state index in [2.05, 4.69) is 45.7 Å². The molecule has 1 aromatic rings. The predicted molar refractivity (Wildman–Crippen MR) is 54.0 cm³/mol. The van der Waals surface area contributed by atoms with Crippen LogP contribution in [0.25, 0.3) is 5.70 Å². The Morgan fingerprint density at radius 2 is 2.29 bits per heavy atom. The van der Waals surface area contributed by atoms with Gasteiger partial charge in [0.15, 0.2) is 18.5 Å². The fourth-order valence-electron chi connectivity index (χ4n) is 2.10. The zero-order chi connectivity index (χ0) is 9.71. The molecule has 1 unspecified atom stereocenters. The molecule has 3 nitrogen and oxygen atoms in total. The van der Waals surface area contributed by atoms with Crippen LogP contribution in [0.4, 0.5) is 0 Å². The van der Waals surface area contributed by atoms with E-state index in [1.807, 2.05) is 13.0 Å². The maximum absolute atomic E-state index is 4.58. The molecule has 0 spiro atoms. The third kappa shape index (κ3) is 0.816. The summed E-state index contributed by atoms with van der Waals surface area (Å²) in [6.45, 7) is 2.05. The number of aliphatic imine (C=N–C) groups is 1. The van der Waals surface area contributed by atoms with Crippen LogP contribution in [0.5, 0.6) is 0 Å². The summed E-state index contributed by atoms with van der Waals surface area (Å²) in [5.41, 5.74) is 1.29. The summed E-state index contributed by atoms with van der Waals surface area (Å²) in [6, 6.07) is 6.47. The highest BCUT2D eigenvalue weighted by molar-refractivity contribution is 5.91. The molecule has 2 aliphatic rings. The average Bonchev–Trinajstić information content (AvgIpc) is 2.65. The van der Waals surface area contributed by atoms with Crippen molar-refractivity contribution in [3.8, 4) is 0 Å². The number of hydrogen-bond donors (Lipinski definition) is 0. The highest BCUT2D eigenvalue weighted by atomic mass is 15.3. The number of hydrogen-bond acceptors (Lipinski definition) is 2. The summed E-state index contributed by atoms with van der Waals surface area (Å²) >= 11 is 0. The standard InChI is InChI=1S/C11H12N3/c1-8-12-9-7-14-6-4-3-5-10(14)11(9)13(8)2/h3-7,9H,1-2H3/q+1. The molecule has 0 radical (unpaired) electrons. The average molecular weight is 186 g/mol. The maximum Gasteiger partial charge on any atom is 0.232 e. The molecule has 0 amide bonds. The van der Waals surface area contributed by atoms with E-state index >= 15 is 0 Å². The Kier molecular flexibility index (Phi) is 1.35. The third-order valence-corrected chi connectivity index (χ3v) is 2.91. The van der Waals surface area contributed by atoms with Gasteiger partial charge in [0, 0.05) is 19.2 Å². The first-order valence-corrected chi connectivity index (χ1v) is 4.78. The molecule has 2 aliphatic heterocycles. The number of likely N-dealkylation sites (N-methyl/N-ethyl adjacent to an activating group) is 1. The fraction of sp³-hybridized carbons (Fsp3) is 0.273. The second-order valence-corrected chi connectivity index (χ2v) is 3.71. The van der Waals surface area contributed by atoms with E-state index < -0.39 is 0 Å². The quantitative estimate of drug-likeness (QED) is 0.516. The summed E-state index contributed by atoms with van der Waals surface area (Å²) in [5, 5.41) is 1.25. The van der Waals surface area contributed by atoms with Gasteiger partial charge in [0.05, 0.1) is 0 Å². The monoisotopic (exact) mass is 186 g/mol. The van der Waals surface area contributed by atoms with Crippen molar-refractivity contribution >= 4 is 11.5 Å². The largest absolute Gasteiger partial charge is 0.329 e. The summed E-state index contributed by atoms with van der Waals surface area (Å²) in [5.74, 6) is 1.09. The van der Waals surface area contributed by atoms with Crippen LogP contribution in [-0.4, -0.2) is 23.8 Å². The Morgan fingerprint density at radius 1 is 1.43 bits per heavy atom. The van der Waals surface area contributed by atoms with E-state index in [9.17, 15) is 0 Å². The van der Waals surface area contributed by atoms with Crippen LogP contribution in [0.1, 0.15) is 6.92 Å². The first kappa shape index (κ1) is 7.74. The molecule has 14 heavy (non-hydrogen) atoms. The van der Waals surface area contributed by atoms with Crippen LogP contribution in [0.15, 0.2) is 29.4 Å². The number of pyridine rings is 1. The van der Waals surface area contributed by atoms with Crippen molar-refractivity contribution in [2.75, 3.05) is 7.05 Å². The van der Waals surface area contributed by atoms with Gasteiger partial charge in [-0.05, 0) is 13.0 Å². The lowest BCUT2D eigenvalue weighted by Gasteiger charge is -2.10. The molecule has 0 N–H and O–H groups in total. The number of aromatic nitrogens is 1. The Bertz CT molecular complexity index is 542. The molecule has 3 heteroatoms. The smallest absolute Gasteiger partial charge is 0.232 e. The lowest BCUT2D eigenvalue weighted by atomic mass is 10.2. The van der Waals surface area contributed by atoms with E-state index in [-0.39, 0.29) is 6.04 Å². The first-order valence-electron chi connectivity index (χ1n) is 4.78. The van der Waals surface area contributed by atoms with E-state index in [1.54, 1.807) is 0 Å². The second kappa shape index (κ2) is 2.44. The van der Waals surface area contributed by atoms with Gasteiger partial charge < -0.3 is 4.90 Å². The Morgan fingerprint density at radius 3 is 3.14 bits per heavy atom. The zero-order valence-electron chi connectivity index (χ0n) is 8.31. The van der Waals surface area contributed by atoms with Gasteiger partial charge in [-0.1, -0.05) is 0 Å². The van der Waals surface area contributed by atoms with Crippen LogP contribution >= 0.6 is 0 Å². The van der Waals surface area contributed by atoms with Crippen molar-refractivity contribution in [1.82, 2.24) is 4.90 Å². The summed E-state index contributed by atoms with van der Waals surface area (Å²) in [6.07, 6.45) is 4.22. The van der Waals surface area contributed by atoms with Gasteiger partial charge in [0.2, 0.25) is 5.35 Å². The van der Waals surface area contributed by atoms with Crippen molar-refractivity contribution in [1.29, 1.82) is 0 Å². The molecule has 0 aliphatic carbocycles. The second-order valence-electron chi connectivity index (χ2n) is 3.71. The Hall–Kier alpha value is -1.64. The minimum Gasteiger partial charge on any atom is -0.329 e. The minimum atomic E-state index is 0.224. The molecular weight excluding hydrogens is 174 g/mol. The van der Waals surface area contributed by atoms with Gasteiger partial charge in [-0.3, -0.25) is 4.99 Å². The van der Waals surface area contributed by atoms with Gasteiger partial charge in [-0.25, -0.2) is 0 Å². The van der Waals surface area contributed by atoms with Crippen LogP contribution < -0.4 is 9.59 Å². The van der Waals surface area contributed by atoms with Crippen LogP contribution in [-0.2, 0) is 0 Å². The van der Waals surface area contributed by atoms with Crippen molar-refractivity contribution in [2.45, 2.75) is 13.0 Å². The first-order chi connectivity index (χ1) is 6.77. The zero-order valence-corrected chi connectivity index (χ0v) is 8.31. The summed E-state index contributed by atoms with van der Waals surface area (Å²) in [7, 11) is 2.07. The van der Waals surface area contributed by atoms with E-state index in [0.29, 0.717) is 0 Å². The number of rotatable bonds is 0. The van der Waals surface area contributed by atoms with Gasteiger partial charge in [-0.2, -0.15) is 4.24 Å². The number of amidine groups is 1. The highest BCUT2D eigenvalue weighted by Gasteiger charge is 2.33. The Labute approximate surface area is 82.4 Å². The minimum absolute atomic E-state index is 0.224. The lowest BCUT2D eigenvalue weighted by molar-refractivity contribution is -0.522. The number of fused-ring (bicyclic) bond motifs is 2. The van der Waals surface area contributed by atoms with Gasteiger partial charge in [0.1, 0.15) is 11.5 Å². The molecule has 1 aromatic heterocycles. The van der Waals surface area contributed by atoms with E-state index in [4.69, 9.17) is 0 Å². The molecule has 1 atom stereocenters. The maximum atomic E-state index is 4.58. The van der Waals surface area contributed by atoms with Crippen molar-refractivity contribution in [2.24, 2.45) is 4.99 Å². The van der Waals surface area contributed by atoms with E-state index in [0.717, 1.165) is 5.84 Å². The lowest BCUT2D eigenvalue weighted by Crippen LogP contribution is -2.37. The molecule has 0 fully saturated rings. The molecule has 3 rings (SSSR count). The summed E-state index contributed by atoms with van der Waals surface area (Å²) < 4.78 is 2.15. The SMILES string of the molecule is CC1=NC2C=[n+]3ccccc3=C2N1C. The molecule has 0 saturated carbocycles. The van der Waals surface area contributed by atoms with Crippen molar-refractivity contribution in [3.05, 3.63) is 36.0 Å². The molecule has 0 saturated heterocycles. The molecule has 70 valence electrons. The van der Waals surface area contributed by atoms with E-state index in [1.165, 1.54) is 11.0 Å². The number of nitrogens with zero attached hydrogens (tertiary/aromatic N) is 3. The van der Waals surface area contributed by atoms with Crippen LogP contribution in [0.2, 0.25) is 0 Å². The fourth-order valence-corrected chi connectivity index (χ4v) is 2.10. The molecule has 0 aromatic carbocycles. The molecular formula is C11H12N3+.